The molecule has 0 amide bonds. The Labute approximate surface area is 104 Å². The van der Waals surface area contributed by atoms with E-state index in [0.717, 1.165) is 37.9 Å². The first kappa shape index (κ1) is 12.6. The van der Waals surface area contributed by atoms with E-state index in [-0.39, 0.29) is 0 Å². The summed E-state index contributed by atoms with van der Waals surface area (Å²) in [4.78, 5) is 2.21. The van der Waals surface area contributed by atoms with Gasteiger partial charge in [0.25, 0.3) is 0 Å². The van der Waals surface area contributed by atoms with Gasteiger partial charge < -0.3 is 10.0 Å². The fourth-order valence-corrected chi connectivity index (χ4v) is 2.75. The molecule has 1 atom stereocenters. The monoisotopic (exact) mass is 233 g/mol. The predicted molar refractivity (Wildman–Crippen MR) is 71.1 cm³/mol. The Morgan fingerprint density at radius 3 is 2.59 bits per heavy atom. The second kappa shape index (κ2) is 5.19. The molecule has 1 unspecified atom stereocenters. The zero-order chi connectivity index (χ0) is 12.3. The molecule has 0 radical (unpaired) electrons. The van der Waals surface area contributed by atoms with Crippen LogP contribution < -0.4 is 0 Å². The quantitative estimate of drug-likeness (QED) is 0.867. The molecule has 2 heteroatoms. The van der Waals surface area contributed by atoms with Crippen molar-refractivity contribution >= 4 is 0 Å². The Bertz CT molecular complexity index is 360. The van der Waals surface area contributed by atoms with Gasteiger partial charge in [-0.1, -0.05) is 37.6 Å². The zero-order valence-electron chi connectivity index (χ0n) is 10.9. The molecule has 94 valence electrons. The molecule has 1 fully saturated rings. The lowest BCUT2D eigenvalue weighted by atomic mass is 9.85. The van der Waals surface area contributed by atoms with Crippen LogP contribution in [-0.4, -0.2) is 30.1 Å². The smallest absolute Gasteiger partial charge is 0.102 e. The molecule has 1 aliphatic heterocycles. The average molecular weight is 233 g/mol. The Kier molecular flexibility index (Phi) is 3.85. The number of piperidine rings is 1. The standard InChI is InChI=1S/C15H23NO/c1-3-5-13-6-8-14(9-7-13)15(17)10-4-11-16(2)12-15/h6-9,17H,3-5,10-12H2,1-2H3. The first-order valence-corrected chi connectivity index (χ1v) is 6.64. The molecule has 17 heavy (non-hydrogen) atoms. The fourth-order valence-electron chi connectivity index (χ4n) is 2.75. The number of nitrogens with zero attached hydrogens (tertiary/aromatic N) is 1. The highest BCUT2D eigenvalue weighted by molar-refractivity contribution is 5.28. The predicted octanol–water partition coefficient (Wildman–Crippen LogP) is 2.55. The molecule has 1 N–H and O–H groups in total. The Morgan fingerprint density at radius 1 is 1.29 bits per heavy atom. The summed E-state index contributed by atoms with van der Waals surface area (Å²) in [6.45, 7) is 4.04. The minimum Gasteiger partial charge on any atom is -0.384 e. The van der Waals surface area contributed by atoms with Gasteiger partial charge in [-0.15, -0.1) is 0 Å². The van der Waals surface area contributed by atoms with Crippen LogP contribution in [0.2, 0.25) is 0 Å². The van der Waals surface area contributed by atoms with Gasteiger partial charge in [-0.2, -0.15) is 0 Å². The molecule has 1 aliphatic rings. The van der Waals surface area contributed by atoms with E-state index in [4.69, 9.17) is 0 Å². The SMILES string of the molecule is CCCc1ccc(C2(O)CCCN(C)C2)cc1. The van der Waals surface area contributed by atoms with Crippen molar-refractivity contribution in [1.29, 1.82) is 0 Å². The summed E-state index contributed by atoms with van der Waals surface area (Å²) in [7, 11) is 2.08. The zero-order valence-corrected chi connectivity index (χ0v) is 10.9. The normalized spacial score (nSPS) is 26.1. The van der Waals surface area contributed by atoms with Crippen LogP contribution in [0.5, 0.6) is 0 Å². The fraction of sp³-hybridized carbons (Fsp3) is 0.600. The molecule has 1 aromatic rings. The lowest BCUT2D eigenvalue weighted by Crippen LogP contribution is -2.44. The van der Waals surface area contributed by atoms with Crippen LogP contribution in [-0.2, 0) is 12.0 Å². The minimum absolute atomic E-state index is 0.641. The van der Waals surface area contributed by atoms with Crippen molar-refractivity contribution < 1.29 is 5.11 Å². The van der Waals surface area contributed by atoms with Crippen LogP contribution in [0.3, 0.4) is 0 Å². The number of aryl methyl sites for hydroxylation is 1. The molecule has 0 spiro atoms. The first-order chi connectivity index (χ1) is 8.14. The average Bonchev–Trinajstić information content (AvgIpc) is 2.30. The van der Waals surface area contributed by atoms with Gasteiger partial charge in [-0.05, 0) is 44.0 Å². The third-order valence-corrected chi connectivity index (χ3v) is 3.69. The van der Waals surface area contributed by atoms with E-state index in [1.165, 1.54) is 12.0 Å². The second-order valence-corrected chi connectivity index (χ2v) is 5.32. The molecule has 0 bridgehead atoms. The van der Waals surface area contributed by atoms with Crippen LogP contribution in [0.1, 0.15) is 37.3 Å². The highest BCUT2D eigenvalue weighted by Crippen LogP contribution is 2.31. The van der Waals surface area contributed by atoms with Crippen LogP contribution >= 0.6 is 0 Å². The highest BCUT2D eigenvalue weighted by Gasteiger charge is 2.33. The minimum atomic E-state index is -0.641. The van der Waals surface area contributed by atoms with Crippen molar-refractivity contribution in [2.24, 2.45) is 0 Å². The highest BCUT2D eigenvalue weighted by atomic mass is 16.3. The topological polar surface area (TPSA) is 23.5 Å². The number of aliphatic hydroxyl groups is 1. The summed E-state index contributed by atoms with van der Waals surface area (Å²) in [6.07, 6.45) is 4.25. The summed E-state index contributed by atoms with van der Waals surface area (Å²) in [6, 6.07) is 8.52. The van der Waals surface area contributed by atoms with Crippen molar-refractivity contribution in [2.75, 3.05) is 20.1 Å². The van der Waals surface area contributed by atoms with Gasteiger partial charge in [-0.25, -0.2) is 0 Å². The van der Waals surface area contributed by atoms with Gasteiger partial charge in [-0.3, -0.25) is 0 Å². The molecule has 1 aromatic carbocycles. The molecule has 2 nitrogen and oxygen atoms in total. The second-order valence-electron chi connectivity index (χ2n) is 5.32. The van der Waals surface area contributed by atoms with E-state index in [1.54, 1.807) is 0 Å². The lowest BCUT2D eigenvalue weighted by Gasteiger charge is -2.37. The van der Waals surface area contributed by atoms with Gasteiger partial charge in [0.1, 0.15) is 5.60 Å². The molecule has 0 saturated carbocycles. The Morgan fingerprint density at radius 2 is 2.00 bits per heavy atom. The van der Waals surface area contributed by atoms with Crippen LogP contribution in [0.25, 0.3) is 0 Å². The number of likely N-dealkylation sites (N-methyl/N-ethyl adjacent to an activating group) is 1. The number of hydrogen-bond donors (Lipinski definition) is 1. The largest absolute Gasteiger partial charge is 0.384 e. The maximum atomic E-state index is 10.7. The van der Waals surface area contributed by atoms with E-state index in [9.17, 15) is 5.11 Å². The van der Waals surface area contributed by atoms with Crippen molar-refractivity contribution in [3.8, 4) is 0 Å². The third-order valence-electron chi connectivity index (χ3n) is 3.69. The summed E-state index contributed by atoms with van der Waals surface area (Å²) in [5.74, 6) is 0. The maximum absolute atomic E-state index is 10.7. The molecule has 1 saturated heterocycles. The Hall–Kier alpha value is -0.860. The molecule has 1 heterocycles. The van der Waals surface area contributed by atoms with E-state index < -0.39 is 5.60 Å². The van der Waals surface area contributed by atoms with Gasteiger partial charge in [0.05, 0.1) is 0 Å². The Balaban J connectivity index is 2.15. The van der Waals surface area contributed by atoms with Crippen LogP contribution in [0.15, 0.2) is 24.3 Å². The van der Waals surface area contributed by atoms with E-state index in [0.29, 0.717) is 0 Å². The van der Waals surface area contributed by atoms with Crippen molar-refractivity contribution in [2.45, 2.75) is 38.2 Å². The maximum Gasteiger partial charge on any atom is 0.102 e. The van der Waals surface area contributed by atoms with Crippen molar-refractivity contribution in [3.63, 3.8) is 0 Å². The molecular weight excluding hydrogens is 210 g/mol. The number of likely N-dealkylation sites (tertiary alicyclic amines) is 1. The van der Waals surface area contributed by atoms with Gasteiger partial charge in [0.15, 0.2) is 0 Å². The third kappa shape index (κ3) is 2.88. The first-order valence-electron chi connectivity index (χ1n) is 6.64. The molecule has 0 aliphatic carbocycles. The summed E-state index contributed by atoms with van der Waals surface area (Å²) < 4.78 is 0. The molecule has 0 aromatic heterocycles. The van der Waals surface area contributed by atoms with Gasteiger partial charge >= 0.3 is 0 Å². The van der Waals surface area contributed by atoms with Gasteiger partial charge in [0, 0.05) is 6.54 Å². The number of rotatable bonds is 3. The number of hydrogen-bond acceptors (Lipinski definition) is 2. The van der Waals surface area contributed by atoms with Crippen LogP contribution in [0.4, 0.5) is 0 Å². The van der Waals surface area contributed by atoms with Crippen LogP contribution in [0, 0.1) is 0 Å². The molecular formula is C15H23NO. The number of β-amino-alcohol motifs (C(OH)–C–C–N with tert-alkyl or cyclic N) is 1. The molecule has 2 rings (SSSR count). The lowest BCUT2D eigenvalue weighted by molar-refractivity contribution is -0.0277. The van der Waals surface area contributed by atoms with E-state index in [2.05, 4.69) is 43.1 Å². The summed E-state index contributed by atoms with van der Waals surface area (Å²) >= 11 is 0. The summed E-state index contributed by atoms with van der Waals surface area (Å²) in [5, 5.41) is 10.7. The van der Waals surface area contributed by atoms with E-state index >= 15 is 0 Å². The number of benzene rings is 1. The van der Waals surface area contributed by atoms with E-state index in [1.807, 2.05) is 0 Å². The van der Waals surface area contributed by atoms with Crippen molar-refractivity contribution in [1.82, 2.24) is 4.90 Å². The van der Waals surface area contributed by atoms with Gasteiger partial charge in [0.2, 0.25) is 0 Å². The van der Waals surface area contributed by atoms with Crippen molar-refractivity contribution in [3.05, 3.63) is 35.4 Å². The summed E-state index contributed by atoms with van der Waals surface area (Å²) in [5.41, 5.74) is 1.80.